The number of rotatable bonds is 5. The van der Waals surface area contributed by atoms with Crippen LogP contribution >= 0.6 is 0 Å². The highest BCUT2D eigenvalue weighted by Gasteiger charge is 2.33. The smallest absolute Gasteiger partial charge is 0.314 e. The molecule has 0 radical (unpaired) electrons. The second-order valence-corrected chi connectivity index (χ2v) is 11.1. The van der Waals surface area contributed by atoms with Crippen molar-refractivity contribution < 1.29 is 9.59 Å². The summed E-state index contributed by atoms with van der Waals surface area (Å²) in [6.07, 6.45) is 6.69. The predicted molar refractivity (Wildman–Crippen MR) is 142 cm³/mol. The molecule has 8 heteroatoms. The molecule has 1 saturated heterocycles. The Hall–Kier alpha value is -3.44. The van der Waals surface area contributed by atoms with Crippen LogP contribution in [0.25, 0.3) is 10.4 Å². The molecule has 1 aliphatic carbocycles. The number of aromatic nitrogens is 2. The first kappa shape index (κ1) is 25.6. The third-order valence-electron chi connectivity index (χ3n) is 7.71. The van der Waals surface area contributed by atoms with E-state index >= 15 is 0 Å². The molecule has 0 atom stereocenters. The van der Waals surface area contributed by atoms with E-state index in [2.05, 4.69) is 70.9 Å². The first-order valence-electron chi connectivity index (χ1n) is 12.6. The molecule has 2 N–H and O–H groups in total. The maximum atomic E-state index is 12.9. The summed E-state index contributed by atoms with van der Waals surface area (Å²) in [7, 11) is 0. The Bertz CT molecular complexity index is 1220. The summed E-state index contributed by atoms with van der Waals surface area (Å²) >= 11 is 0. The summed E-state index contributed by atoms with van der Waals surface area (Å²) in [5, 5.41) is 3.02. The van der Waals surface area contributed by atoms with Crippen LogP contribution in [0.1, 0.15) is 75.6 Å². The van der Waals surface area contributed by atoms with Gasteiger partial charge in [0.15, 0.2) is 0 Å². The number of piperazine rings is 1. The van der Waals surface area contributed by atoms with Crippen molar-refractivity contribution in [2.75, 3.05) is 31.5 Å². The molecule has 0 saturated carbocycles. The first-order chi connectivity index (χ1) is 17.0. The molecule has 190 valence electrons. The number of nitrogens with zero attached hydrogens (tertiary/aromatic N) is 4. The Balaban J connectivity index is 1.65. The summed E-state index contributed by atoms with van der Waals surface area (Å²) in [6, 6.07) is 6.27. The Labute approximate surface area is 213 Å². The number of aromatic amines is 1. The van der Waals surface area contributed by atoms with Crippen molar-refractivity contribution in [3.8, 4) is 0 Å². The average Bonchev–Trinajstić information content (AvgIpc) is 3.34. The fraction of sp³-hybridized carbons (Fsp3) is 0.500. The fourth-order valence-corrected chi connectivity index (χ4v) is 5.05. The Morgan fingerprint density at radius 1 is 1.19 bits per heavy atom. The van der Waals surface area contributed by atoms with Crippen LogP contribution in [0, 0.1) is 12.0 Å². The number of imidazole rings is 1. The van der Waals surface area contributed by atoms with E-state index in [9.17, 15) is 9.59 Å². The minimum absolute atomic E-state index is 0.124. The lowest BCUT2D eigenvalue weighted by Gasteiger charge is -2.44. The largest absolute Gasteiger partial charge is 0.363 e. The van der Waals surface area contributed by atoms with Crippen LogP contribution in [-0.4, -0.2) is 57.8 Å². The second-order valence-electron chi connectivity index (χ2n) is 11.1. The number of allylic oxidation sites excluding steroid dienone is 2. The van der Waals surface area contributed by atoms with Crippen molar-refractivity contribution >= 4 is 28.9 Å². The molecule has 2 heterocycles. The Morgan fingerprint density at radius 2 is 1.92 bits per heavy atom. The maximum absolute atomic E-state index is 12.9. The number of hydrogen-bond donors (Lipinski definition) is 2. The summed E-state index contributed by atoms with van der Waals surface area (Å²) in [5.41, 5.74) is 4.22. The van der Waals surface area contributed by atoms with Gasteiger partial charge in [0.25, 0.3) is 5.82 Å². The molecular formula is C28H36N6O2. The van der Waals surface area contributed by atoms with Crippen molar-refractivity contribution in [1.29, 1.82) is 0 Å². The quantitative estimate of drug-likeness (QED) is 0.566. The zero-order chi connectivity index (χ0) is 26.1. The first-order valence-corrected chi connectivity index (χ1v) is 12.6. The van der Waals surface area contributed by atoms with E-state index in [1.807, 2.05) is 11.0 Å². The van der Waals surface area contributed by atoms with Gasteiger partial charge in [0, 0.05) is 49.9 Å². The van der Waals surface area contributed by atoms with Crippen LogP contribution in [-0.2, 0) is 10.3 Å². The molecule has 0 unspecified atom stereocenters. The SMILES string of the molecule is [C-]#[N+]c1cnc(C(=O)Nc2ccc(C(C)(C)N3CCN(C(C)=O)CC3)cc2C2=CCC(C)(C)CC2)[nH]1. The molecule has 0 spiro atoms. The summed E-state index contributed by atoms with van der Waals surface area (Å²) in [4.78, 5) is 39.1. The van der Waals surface area contributed by atoms with Gasteiger partial charge in [-0.25, -0.2) is 4.98 Å². The molecule has 4 rings (SSSR count). The van der Waals surface area contributed by atoms with Gasteiger partial charge in [-0.3, -0.25) is 19.5 Å². The van der Waals surface area contributed by atoms with Gasteiger partial charge >= 0.3 is 5.91 Å². The van der Waals surface area contributed by atoms with E-state index in [0.29, 0.717) is 0 Å². The fourth-order valence-electron chi connectivity index (χ4n) is 5.05. The number of hydrogen-bond acceptors (Lipinski definition) is 4. The van der Waals surface area contributed by atoms with Crippen LogP contribution in [0.15, 0.2) is 30.5 Å². The zero-order valence-corrected chi connectivity index (χ0v) is 21.9. The van der Waals surface area contributed by atoms with Crippen molar-refractivity contribution in [2.45, 2.75) is 59.4 Å². The van der Waals surface area contributed by atoms with Crippen LogP contribution in [0.4, 0.5) is 11.5 Å². The molecule has 0 bridgehead atoms. The molecule has 1 aromatic heterocycles. The normalized spacial score (nSPS) is 18.3. The van der Waals surface area contributed by atoms with Crippen molar-refractivity contribution in [3.05, 3.63) is 58.8 Å². The number of amides is 2. The van der Waals surface area contributed by atoms with E-state index in [4.69, 9.17) is 6.57 Å². The molecule has 2 aliphatic rings. The minimum atomic E-state index is -0.366. The minimum Gasteiger partial charge on any atom is -0.363 e. The molecular weight excluding hydrogens is 452 g/mol. The van der Waals surface area contributed by atoms with Gasteiger partial charge in [-0.1, -0.05) is 32.6 Å². The van der Waals surface area contributed by atoms with Gasteiger partial charge in [-0.05, 0) is 61.8 Å². The van der Waals surface area contributed by atoms with E-state index in [1.54, 1.807) is 6.92 Å². The average molecular weight is 489 g/mol. The second kappa shape index (κ2) is 9.90. The number of nitrogens with one attached hydrogen (secondary N) is 2. The van der Waals surface area contributed by atoms with Crippen molar-refractivity contribution in [2.24, 2.45) is 5.41 Å². The summed E-state index contributed by atoms with van der Waals surface area (Å²) < 4.78 is 0. The van der Waals surface area contributed by atoms with Gasteiger partial charge in [-0.2, -0.15) is 0 Å². The Kier molecular flexibility index (Phi) is 7.05. The van der Waals surface area contributed by atoms with Crippen LogP contribution in [0.5, 0.6) is 0 Å². The monoisotopic (exact) mass is 488 g/mol. The molecule has 1 aromatic carbocycles. The van der Waals surface area contributed by atoms with Gasteiger partial charge in [0.1, 0.15) is 0 Å². The van der Waals surface area contributed by atoms with Crippen molar-refractivity contribution in [3.63, 3.8) is 0 Å². The number of carbonyl (C=O) groups is 2. The highest BCUT2D eigenvalue weighted by Crippen LogP contribution is 2.41. The third-order valence-corrected chi connectivity index (χ3v) is 7.71. The predicted octanol–water partition coefficient (Wildman–Crippen LogP) is 5.21. The van der Waals surface area contributed by atoms with Gasteiger partial charge < -0.3 is 15.1 Å². The topological polar surface area (TPSA) is 85.7 Å². The lowest BCUT2D eigenvalue weighted by molar-refractivity contribution is -0.131. The van der Waals surface area contributed by atoms with E-state index < -0.39 is 0 Å². The molecule has 2 amide bonds. The third kappa shape index (κ3) is 5.36. The number of carbonyl (C=O) groups excluding carboxylic acids is 2. The Morgan fingerprint density at radius 3 is 2.50 bits per heavy atom. The lowest BCUT2D eigenvalue weighted by atomic mass is 9.76. The number of anilines is 1. The zero-order valence-electron chi connectivity index (χ0n) is 21.9. The molecule has 1 fully saturated rings. The number of H-pyrrole nitrogens is 1. The lowest BCUT2D eigenvalue weighted by Crippen LogP contribution is -2.54. The van der Waals surface area contributed by atoms with E-state index in [1.165, 1.54) is 17.3 Å². The molecule has 36 heavy (non-hydrogen) atoms. The highest BCUT2D eigenvalue weighted by molar-refractivity contribution is 6.03. The van der Waals surface area contributed by atoms with Gasteiger partial charge in [0.2, 0.25) is 11.7 Å². The summed E-state index contributed by atoms with van der Waals surface area (Å²) in [5.74, 6) is 0.121. The molecule has 1 aliphatic heterocycles. The van der Waals surface area contributed by atoms with E-state index in [0.717, 1.165) is 56.7 Å². The van der Waals surface area contributed by atoms with Gasteiger partial charge in [0.05, 0.1) is 6.20 Å². The summed E-state index contributed by atoms with van der Waals surface area (Å²) in [6.45, 7) is 20.9. The van der Waals surface area contributed by atoms with Crippen LogP contribution in [0.3, 0.4) is 0 Å². The van der Waals surface area contributed by atoms with Crippen LogP contribution < -0.4 is 5.32 Å². The number of benzene rings is 1. The highest BCUT2D eigenvalue weighted by atomic mass is 16.2. The van der Waals surface area contributed by atoms with E-state index in [-0.39, 0.29) is 34.4 Å². The van der Waals surface area contributed by atoms with Crippen LogP contribution in [0.2, 0.25) is 0 Å². The van der Waals surface area contributed by atoms with Gasteiger partial charge in [-0.15, -0.1) is 0 Å². The molecule has 8 nitrogen and oxygen atoms in total. The standard InChI is InChI=1S/C28H36N6O2/c1-19(35)33-13-15-34(16-14-33)28(4,5)21-7-8-23(31-26(36)25-30-18-24(29-6)32-25)22(17-21)20-9-11-27(2,3)12-10-20/h7-9,17-18H,10-16H2,1-5H3,(H,30,32)(H,31,36). The maximum Gasteiger partial charge on any atom is 0.314 e. The molecule has 2 aromatic rings. The van der Waals surface area contributed by atoms with Crippen molar-refractivity contribution in [1.82, 2.24) is 19.8 Å².